The molecule has 0 radical (unpaired) electrons. The lowest BCUT2D eigenvalue weighted by atomic mass is 10.1. The molecule has 128 valence electrons. The quantitative estimate of drug-likeness (QED) is 0.715. The fraction of sp³-hybridized carbons (Fsp3) is 0.333. The maximum Gasteiger partial charge on any atom is 0.357 e. The van der Waals surface area contributed by atoms with E-state index in [2.05, 4.69) is 9.97 Å². The van der Waals surface area contributed by atoms with Gasteiger partial charge in [0.25, 0.3) is 0 Å². The third-order valence-electron chi connectivity index (χ3n) is 3.70. The van der Waals surface area contributed by atoms with Crippen LogP contribution in [-0.4, -0.2) is 28.6 Å². The number of nitrogens with zero attached hydrogens (tertiary/aromatic N) is 1. The van der Waals surface area contributed by atoms with Crippen molar-refractivity contribution in [2.45, 2.75) is 33.8 Å². The Morgan fingerprint density at radius 3 is 2.67 bits per heavy atom. The molecule has 0 amide bonds. The molecule has 0 bridgehead atoms. The van der Waals surface area contributed by atoms with Gasteiger partial charge in [0.1, 0.15) is 5.75 Å². The van der Waals surface area contributed by atoms with Crippen molar-refractivity contribution in [1.29, 1.82) is 0 Å². The van der Waals surface area contributed by atoms with Crippen LogP contribution in [-0.2, 0) is 4.74 Å². The summed E-state index contributed by atoms with van der Waals surface area (Å²) in [4.78, 5) is 19.7. The first kappa shape index (κ1) is 18.1. The Labute approximate surface area is 146 Å². The zero-order chi connectivity index (χ0) is 16.6. The minimum atomic E-state index is -0.400. The molecule has 24 heavy (non-hydrogen) atoms. The van der Waals surface area contributed by atoms with Crippen LogP contribution in [0.25, 0.3) is 21.8 Å². The van der Waals surface area contributed by atoms with Crippen molar-refractivity contribution >= 4 is 27.8 Å². The largest absolute Gasteiger partial charge is 1.00 e. The van der Waals surface area contributed by atoms with E-state index in [0.29, 0.717) is 12.3 Å². The fourth-order valence-corrected chi connectivity index (χ4v) is 2.82. The van der Waals surface area contributed by atoms with E-state index in [1.54, 1.807) is 13.1 Å². The van der Waals surface area contributed by atoms with Crippen LogP contribution in [0.5, 0.6) is 5.75 Å². The maximum absolute atomic E-state index is 12.1. The number of benzene rings is 1. The van der Waals surface area contributed by atoms with Crippen LogP contribution in [0.4, 0.5) is 0 Å². The number of fused-ring (bicyclic) bond motifs is 3. The summed E-state index contributed by atoms with van der Waals surface area (Å²) in [5.41, 5.74) is 2.99. The molecule has 0 saturated heterocycles. The topological polar surface area (TPSA) is 64.2 Å². The predicted molar refractivity (Wildman–Crippen MR) is 90.1 cm³/mol. The highest BCUT2D eigenvalue weighted by Crippen LogP contribution is 2.36. The van der Waals surface area contributed by atoms with Crippen LogP contribution in [0.2, 0.25) is 0 Å². The van der Waals surface area contributed by atoms with Gasteiger partial charge in [0.15, 0.2) is 5.69 Å². The number of halogens is 1. The molecule has 1 N–H and O–H groups in total. The Morgan fingerprint density at radius 1 is 1.25 bits per heavy atom. The normalized spacial score (nSPS) is 10.9. The molecule has 0 unspecified atom stereocenters. The number of esters is 1. The molecule has 0 atom stereocenters. The van der Waals surface area contributed by atoms with Crippen molar-refractivity contribution in [3.05, 3.63) is 35.7 Å². The molecular formula is C18H20ClN2O3-. The highest BCUT2D eigenvalue weighted by Gasteiger charge is 2.19. The van der Waals surface area contributed by atoms with Gasteiger partial charge in [-0.25, -0.2) is 9.78 Å². The minimum absolute atomic E-state index is 0. The van der Waals surface area contributed by atoms with E-state index in [-0.39, 0.29) is 18.5 Å². The number of hydrogen-bond donors (Lipinski definition) is 1. The van der Waals surface area contributed by atoms with E-state index in [1.807, 2.05) is 39.0 Å². The number of pyridine rings is 1. The SMILES string of the molecule is CCOC(=O)c1ncc2[nH]c3cccc(OC(C)C)c3c2c1C.[Cl-]. The molecule has 0 fully saturated rings. The number of aromatic nitrogens is 2. The van der Waals surface area contributed by atoms with Gasteiger partial charge in [-0.05, 0) is 45.4 Å². The highest BCUT2D eigenvalue weighted by atomic mass is 35.5. The first-order valence-corrected chi connectivity index (χ1v) is 7.76. The summed E-state index contributed by atoms with van der Waals surface area (Å²) in [7, 11) is 0. The maximum atomic E-state index is 12.1. The van der Waals surface area contributed by atoms with E-state index >= 15 is 0 Å². The lowest BCUT2D eigenvalue weighted by Crippen LogP contribution is -3.00. The number of H-pyrrole nitrogens is 1. The van der Waals surface area contributed by atoms with E-state index in [4.69, 9.17) is 9.47 Å². The average Bonchev–Trinajstić information content (AvgIpc) is 2.87. The molecule has 0 aliphatic heterocycles. The van der Waals surface area contributed by atoms with Gasteiger partial charge in [0, 0.05) is 10.8 Å². The van der Waals surface area contributed by atoms with Gasteiger partial charge in [-0.3, -0.25) is 0 Å². The van der Waals surface area contributed by atoms with Gasteiger partial charge in [0.05, 0.1) is 29.9 Å². The summed E-state index contributed by atoms with van der Waals surface area (Å²) in [6.07, 6.45) is 1.74. The predicted octanol–water partition coefficient (Wildman–Crippen LogP) is 0.992. The van der Waals surface area contributed by atoms with Gasteiger partial charge in [-0.15, -0.1) is 0 Å². The molecule has 0 spiro atoms. The Hall–Kier alpha value is -2.27. The number of aryl methyl sites for hydroxylation is 1. The molecule has 6 heteroatoms. The first-order chi connectivity index (χ1) is 11.0. The Morgan fingerprint density at radius 2 is 2.00 bits per heavy atom. The molecular weight excluding hydrogens is 328 g/mol. The third-order valence-corrected chi connectivity index (χ3v) is 3.70. The van der Waals surface area contributed by atoms with Crippen LogP contribution in [0.1, 0.15) is 36.8 Å². The van der Waals surface area contributed by atoms with E-state index in [0.717, 1.165) is 33.1 Å². The number of rotatable bonds is 4. The number of nitrogens with one attached hydrogen (secondary N) is 1. The molecule has 3 aromatic rings. The Bertz CT molecular complexity index is 887. The minimum Gasteiger partial charge on any atom is -1.00 e. The molecule has 1 aromatic carbocycles. The molecule has 3 rings (SSSR count). The van der Waals surface area contributed by atoms with Gasteiger partial charge in [0.2, 0.25) is 0 Å². The van der Waals surface area contributed by atoms with Gasteiger partial charge in [-0.2, -0.15) is 0 Å². The van der Waals surface area contributed by atoms with Crippen LogP contribution in [0, 0.1) is 6.92 Å². The first-order valence-electron chi connectivity index (χ1n) is 7.76. The number of hydrogen-bond acceptors (Lipinski definition) is 4. The summed E-state index contributed by atoms with van der Waals surface area (Å²) in [5.74, 6) is 0.399. The van der Waals surface area contributed by atoms with E-state index in [1.165, 1.54) is 0 Å². The van der Waals surface area contributed by atoms with Gasteiger partial charge >= 0.3 is 5.97 Å². The summed E-state index contributed by atoms with van der Waals surface area (Å²) < 4.78 is 11.0. The molecule has 0 saturated carbocycles. The summed E-state index contributed by atoms with van der Waals surface area (Å²) >= 11 is 0. The van der Waals surface area contributed by atoms with Crippen molar-refractivity contribution in [1.82, 2.24) is 9.97 Å². The number of carbonyl (C=O) groups is 1. The van der Waals surface area contributed by atoms with E-state index in [9.17, 15) is 4.79 Å². The van der Waals surface area contributed by atoms with Gasteiger partial charge < -0.3 is 26.9 Å². The molecule has 2 heterocycles. The average molecular weight is 348 g/mol. The van der Waals surface area contributed by atoms with Crippen LogP contribution >= 0.6 is 0 Å². The van der Waals surface area contributed by atoms with E-state index < -0.39 is 5.97 Å². The van der Waals surface area contributed by atoms with Gasteiger partial charge in [-0.1, -0.05) is 6.07 Å². The highest BCUT2D eigenvalue weighted by molar-refractivity contribution is 6.13. The standard InChI is InChI=1S/C18H20N2O3.ClH/c1-5-22-18(21)17-11(4)15-13(9-19-17)20-12-7-6-8-14(16(12)15)23-10(2)3;/h6-10,20H,5H2,1-4H3;1H/p-1. The molecule has 0 aliphatic carbocycles. The lowest BCUT2D eigenvalue weighted by Gasteiger charge is -2.12. The number of carbonyl (C=O) groups excluding carboxylic acids is 1. The Kier molecular flexibility index (Phi) is 5.34. The number of ether oxygens (including phenoxy) is 2. The fourth-order valence-electron chi connectivity index (χ4n) is 2.82. The molecule has 2 aromatic heterocycles. The van der Waals surface area contributed by atoms with Crippen molar-refractivity contribution in [2.75, 3.05) is 6.61 Å². The van der Waals surface area contributed by atoms with Crippen LogP contribution < -0.4 is 17.1 Å². The van der Waals surface area contributed by atoms with Crippen LogP contribution in [0.15, 0.2) is 24.4 Å². The van der Waals surface area contributed by atoms with Crippen molar-refractivity contribution in [2.24, 2.45) is 0 Å². The van der Waals surface area contributed by atoms with Crippen molar-refractivity contribution < 1.29 is 26.7 Å². The second-order valence-electron chi connectivity index (χ2n) is 5.71. The van der Waals surface area contributed by atoms with Crippen LogP contribution in [0.3, 0.4) is 0 Å². The lowest BCUT2D eigenvalue weighted by molar-refractivity contribution is -0.0000242. The number of aromatic amines is 1. The Balaban J connectivity index is 0.00000208. The molecule has 0 aliphatic rings. The summed E-state index contributed by atoms with van der Waals surface area (Å²) in [6, 6.07) is 5.88. The monoisotopic (exact) mass is 347 g/mol. The van der Waals surface area contributed by atoms with Crippen molar-refractivity contribution in [3.8, 4) is 5.75 Å². The second-order valence-corrected chi connectivity index (χ2v) is 5.71. The smallest absolute Gasteiger partial charge is 0.357 e. The third kappa shape index (κ3) is 3.04. The summed E-state index contributed by atoms with van der Waals surface area (Å²) in [6.45, 7) is 7.99. The summed E-state index contributed by atoms with van der Waals surface area (Å²) in [5, 5.41) is 1.93. The zero-order valence-electron chi connectivity index (χ0n) is 14.1. The second kappa shape index (κ2) is 7.09. The molecule has 5 nitrogen and oxygen atoms in total. The van der Waals surface area contributed by atoms with Crippen molar-refractivity contribution in [3.63, 3.8) is 0 Å². The zero-order valence-corrected chi connectivity index (χ0v) is 14.9.